The van der Waals surface area contributed by atoms with Crippen molar-refractivity contribution in [2.45, 2.75) is 32.4 Å². The van der Waals surface area contributed by atoms with Gasteiger partial charge in [0.15, 0.2) is 0 Å². The summed E-state index contributed by atoms with van der Waals surface area (Å²) in [5, 5.41) is 8.98. The zero-order valence-electron chi connectivity index (χ0n) is 11.9. The second kappa shape index (κ2) is 13.4. The molecule has 7 nitrogen and oxygen atoms in total. The number of likely N-dealkylation sites (N-methyl/N-ethyl adjacent to an activating group) is 2. The molecule has 110 valence electrons. The number of thiol groups is 1. The zero-order valence-corrected chi connectivity index (χ0v) is 12.8. The van der Waals surface area contributed by atoms with Gasteiger partial charge in [-0.05, 0) is 39.9 Å². The SMILES string of the molecule is CN[C@@H](CCN=[N+]=[N-])C(C)=O.CN[C@@H](CS)C(C)=O. The van der Waals surface area contributed by atoms with Crippen LogP contribution in [0.4, 0.5) is 0 Å². The smallest absolute Gasteiger partial charge is 0.147 e. The van der Waals surface area contributed by atoms with E-state index in [0.717, 1.165) is 0 Å². The van der Waals surface area contributed by atoms with Gasteiger partial charge in [-0.1, -0.05) is 5.11 Å². The number of Topliss-reactive ketones (excluding diaryl/α,β-unsaturated/α-hetero) is 2. The number of hydrogen-bond donors (Lipinski definition) is 3. The lowest BCUT2D eigenvalue weighted by Gasteiger charge is -2.09. The summed E-state index contributed by atoms with van der Waals surface area (Å²) in [5.41, 5.74) is 7.94. The molecule has 0 aliphatic rings. The van der Waals surface area contributed by atoms with Crippen LogP contribution < -0.4 is 10.6 Å². The van der Waals surface area contributed by atoms with E-state index in [1.165, 1.54) is 6.92 Å². The van der Waals surface area contributed by atoms with Crippen LogP contribution in [-0.2, 0) is 9.59 Å². The third-order valence-electron chi connectivity index (χ3n) is 2.44. The van der Waals surface area contributed by atoms with Crippen LogP contribution in [0.15, 0.2) is 5.11 Å². The largest absolute Gasteiger partial charge is 0.311 e. The number of rotatable bonds is 8. The predicted octanol–water partition coefficient (Wildman–Crippen LogP) is 0.957. The Morgan fingerprint density at radius 2 is 1.68 bits per heavy atom. The van der Waals surface area contributed by atoms with Crippen LogP contribution in [0.1, 0.15) is 20.3 Å². The molecule has 0 aromatic heterocycles. The van der Waals surface area contributed by atoms with Crippen molar-refractivity contribution in [2.75, 3.05) is 26.4 Å². The number of ketones is 2. The Morgan fingerprint density at radius 3 is 1.89 bits per heavy atom. The van der Waals surface area contributed by atoms with Gasteiger partial charge in [0.2, 0.25) is 0 Å². The molecular weight excluding hydrogens is 266 g/mol. The van der Waals surface area contributed by atoms with Crippen molar-refractivity contribution in [1.82, 2.24) is 10.6 Å². The van der Waals surface area contributed by atoms with Crippen LogP contribution in [0.5, 0.6) is 0 Å². The lowest BCUT2D eigenvalue weighted by molar-refractivity contribution is -0.119. The van der Waals surface area contributed by atoms with E-state index in [1.54, 1.807) is 21.0 Å². The van der Waals surface area contributed by atoms with Gasteiger partial charge in [-0.2, -0.15) is 12.6 Å². The highest BCUT2D eigenvalue weighted by Crippen LogP contribution is 1.93. The van der Waals surface area contributed by atoms with Crippen LogP contribution >= 0.6 is 12.6 Å². The van der Waals surface area contributed by atoms with Gasteiger partial charge in [0, 0.05) is 17.2 Å². The van der Waals surface area contributed by atoms with Crippen molar-refractivity contribution >= 4 is 24.2 Å². The molecule has 0 aromatic rings. The molecule has 19 heavy (non-hydrogen) atoms. The minimum atomic E-state index is -0.180. The molecule has 0 aromatic carbocycles. The fourth-order valence-electron chi connectivity index (χ4n) is 1.21. The van der Waals surface area contributed by atoms with Crippen LogP contribution in [0.25, 0.3) is 10.4 Å². The number of nitrogens with zero attached hydrogens (tertiary/aromatic N) is 3. The number of carbonyl (C=O) groups excluding carboxylic acids is 2. The first-order valence-electron chi connectivity index (χ1n) is 5.91. The first-order chi connectivity index (χ1) is 8.94. The van der Waals surface area contributed by atoms with E-state index < -0.39 is 0 Å². The summed E-state index contributed by atoms with van der Waals surface area (Å²) in [6, 6.07) is -0.251. The molecule has 0 amide bonds. The Bertz CT molecular complexity index is 314. The third kappa shape index (κ3) is 11.7. The Hall–Kier alpha value is -1.08. The number of azide groups is 1. The molecule has 8 heteroatoms. The fourth-order valence-corrected chi connectivity index (χ4v) is 1.65. The number of nitrogens with one attached hydrogen (secondary N) is 2. The molecule has 0 spiro atoms. The molecule has 0 bridgehead atoms. The lowest BCUT2D eigenvalue weighted by Crippen LogP contribution is -2.33. The molecule has 0 aliphatic heterocycles. The van der Waals surface area contributed by atoms with E-state index in [2.05, 4.69) is 33.3 Å². The molecule has 0 unspecified atom stereocenters. The van der Waals surface area contributed by atoms with Crippen LogP contribution in [0.3, 0.4) is 0 Å². The minimum Gasteiger partial charge on any atom is -0.311 e. The highest BCUT2D eigenvalue weighted by molar-refractivity contribution is 7.80. The molecule has 2 atom stereocenters. The maximum absolute atomic E-state index is 10.8. The maximum Gasteiger partial charge on any atom is 0.147 e. The zero-order chi connectivity index (χ0) is 15.3. The highest BCUT2D eigenvalue weighted by atomic mass is 32.1. The molecule has 2 N–H and O–H groups in total. The summed E-state index contributed by atoms with van der Waals surface area (Å²) in [5.74, 6) is 0.786. The van der Waals surface area contributed by atoms with E-state index in [9.17, 15) is 9.59 Å². The van der Waals surface area contributed by atoms with Crippen molar-refractivity contribution < 1.29 is 9.59 Å². The molecule has 0 saturated heterocycles. The Labute approximate surface area is 119 Å². The average Bonchev–Trinajstić information content (AvgIpc) is 2.36. The summed E-state index contributed by atoms with van der Waals surface area (Å²) in [6.45, 7) is 3.43. The van der Waals surface area contributed by atoms with E-state index in [4.69, 9.17) is 5.53 Å². The van der Waals surface area contributed by atoms with Gasteiger partial charge >= 0.3 is 0 Å². The van der Waals surface area contributed by atoms with Crippen molar-refractivity contribution in [3.05, 3.63) is 10.4 Å². The van der Waals surface area contributed by atoms with Crippen LogP contribution in [-0.4, -0.2) is 50.0 Å². The average molecular weight is 289 g/mol. The molecule has 0 rings (SSSR count). The standard InChI is InChI=1S/C6H12N4O.C5H11NOS/c1-5(11)6(8-2)3-4-9-10-7;1-4(7)5(3-8)6-2/h6,8H,3-4H2,1-2H3;5-6,8H,3H2,1-2H3/t6-;5-/m00/s1. The third-order valence-corrected chi connectivity index (χ3v) is 2.81. The molecule has 0 aliphatic carbocycles. The Balaban J connectivity index is 0. The maximum atomic E-state index is 10.8. The summed E-state index contributed by atoms with van der Waals surface area (Å²) in [4.78, 5) is 23.9. The summed E-state index contributed by atoms with van der Waals surface area (Å²) in [6.07, 6.45) is 0.565. The van der Waals surface area contributed by atoms with Crippen molar-refractivity contribution in [3.63, 3.8) is 0 Å². The second-order valence-electron chi connectivity index (χ2n) is 3.83. The molecule has 0 radical (unpaired) electrons. The van der Waals surface area contributed by atoms with Crippen LogP contribution in [0, 0.1) is 0 Å². The predicted molar refractivity (Wildman–Crippen MR) is 79.5 cm³/mol. The van der Waals surface area contributed by atoms with E-state index in [0.29, 0.717) is 18.7 Å². The fraction of sp³-hybridized carbons (Fsp3) is 0.818. The van der Waals surface area contributed by atoms with E-state index in [-0.39, 0.29) is 23.7 Å². The summed E-state index contributed by atoms with van der Waals surface area (Å²) < 4.78 is 0. The van der Waals surface area contributed by atoms with Crippen molar-refractivity contribution in [2.24, 2.45) is 5.11 Å². The number of carbonyl (C=O) groups is 2. The van der Waals surface area contributed by atoms with Gasteiger partial charge in [-0.15, -0.1) is 0 Å². The van der Waals surface area contributed by atoms with Gasteiger partial charge in [0.1, 0.15) is 11.6 Å². The first-order valence-corrected chi connectivity index (χ1v) is 6.54. The van der Waals surface area contributed by atoms with Gasteiger partial charge in [-0.3, -0.25) is 9.59 Å². The Kier molecular flexibility index (Phi) is 14.2. The quantitative estimate of drug-likeness (QED) is 0.268. The van der Waals surface area contributed by atoms with Crippen molar-refractivity contribution in [3.8, 4) is 0 Å². The van der Waals surface area contributed by atoms with Gasteiger partial charge < -0.3 is 10.6 Å². The normalized spacial score (nSPS) is 12.5. The van der Waals surface area contributed by atoms with Crippen LogP contribution in [0.2, 0.25) is 0 Å². The molecule has 0 heterocycles. The Morgan fingerprint density at radius 1 is 1.21 bits per heavy atom. The minimum absolute atomic E-state index is 0.0700. The van der Waals surface area contributed by atoms with Crippen molar-refractivity contribution in [1.29, 1.82) is 0 Å². The van der Waals surface area contributed by atoms with Gasteiger partial charge in [0.25, 0.3) is 0 Å². The molecule has 0 fully saturated rings. The second-order valence-corrected chi connectivity index (χ2v) is 4.19. The molecular formula is C11H23N5O2S. The van der Waals surface area contributed by atoms with E-state index in [1.807, 2.05) is 0 Å². The monoisotopic (exact) mass is 289 g/mol. The topological polar surface area (TPSA) is 107 Å². The summed E-state index contributed by atoms with van der Waals surface area (Å²) >= 11 is 3.95. The van der Waals surface area contributed by atoms with E-state index >= 15 is 0 Å². The van der Waals surface area contributed by atoms with Gasteiger partial charge in [-0.25, -0.2) is 0 Å². The highest BCUT2D eigenvalue weighted by Gasteiger charge is 2.09. The molecule has 0 saturated carbocycles. The lowest BCUT2D eigenvalue weighted by atomic mass is 10.1. The van der Waals surface area contributed by atoms with Gasteiger partial charge in [0.05, 0.1) is 12.1 Å². The number of hydrogen-bond acceptors (Lipinski definition) is 6. The first kappa shape index (κ1) is 20.2. The summed E-state index contributed by atoms with van der Waals surface area (Å²) in [7, 11) is 3.46.